The molecule has 0 spiro atoms. The zero-order valence-electron chi connectivity index (χ0n) is 12.4. The number of amides is 1. The first-order chi connectivity index (χ1) is 11.5. The van der Waals surface area contributed by atoms with Crippen molar-refractivity contribution in [3.05, 3.63) is 55.9 Å². The summed E-state index contributed by atoms with van der Waals surface area (Å²) in [5.41, 5.74) is 1.73. The van der Waals surface area contributed by atoms with Crippen molar-refractivity contribution in [2.24, 2.45) is 0 Å². The van der Waals surface area contributed by atoms with Crippen molar-refractivity contribution in [1.29, 1.82) is 0 Å². The number of benzene rings is 1. The molecule has 7 heteroatoms. The van der Waals surface area contributed by atoms with Gasteiger partial charge in [0.25, 0.3) is 0 Å². The molecule has 1 aromatic carbocycles. The number of aryl methyl sites for hydroxylation is 1. The third-order valence-corrected chi connectivity index (χ3v) is 5.52. The molecule has 124 valence electrons. The Bertz CT molecular complexity index is 858. The van der Waals surface area contributed by atoms with Gasteiger partial charge in [0.15, 0.2) is 0 Å². The highest BCUT2D eigenvalue weighted by Crippen LogP contribution is 2.39. The molecule has 0 radical (unpaired) electrons. The average Bonchev–Trinajstić information content (AvgIpc) is 3.06. The van der Waals surface area contributed by atoms with Gasteiger partial charge < -0.3 is 10.4 Å². The van der Waals surface area contributed by atoms with Crippen LogP contribution < -0.4 is 5.32 Å². The Kier molecular flexibility index (Phi) is 4.94. The topological polar surface area (TPSA) is 66.4 Å². The third kappa shape index (κ3) is 3.48. The zero-order chi connectivity index (χ0) is 17.3. The standard InChI is InChI=1S/C17H13Cl2NO3S/c18-10-6-4-9(12(19)8-10)5-7-14(21)20-16-15(17(22)23)11-2-1-3-13(11)24-16/h4-8H,1-3H2,(H,20,21)(H,22,23)/b7-5+. The largest absolute Gasteiger partial charge is 0.478 e. The van der Waals surface area contributed by atoms with Crippen LogP contribution in [-0.4, -0.2) is 17.0 Å². The van der Waals surface area contributed by atoms with Crippen LogP contribution in [0.4, 0.5) is 5.00 Å². The van der Waals surface area contributed by atoms with Gasteiger partial charge in [-0.05, 0) is 48.6 Å². The molecule has 1 aromatic heterocycles. The lowest BCUT2D eigenvalue weighted by atomic mass is 10.1. The quantitative estimate of drug-likeness (QED) is 0.740. The van der Waals surface area contributed by atoms with E-state index in [0.717, 1.165) is 29.7 Å². The number of hydrogen-bond acceptors (Lipinski definition) is 3. The van der Waals surface area contributed by atoms with Crippen molar-refractivity contribution in [1.82, 2.24) is 0 Å². The van der Waals surface area contributed by atoms with Gasteiger partial charge in [-0.3, -0.25) is 4.79 Å². The van der Waals surface area contributed by atoms with Gasteiger partial charge in [0.1, 0.15) is 5.00 Å². The van der Waals surface area contributed by atoms with Crippen molar-refractivity contribution in [3.8, 4) is 0 Å². The number of anilines is 1. The second-order valence-electron chi connectivity index (χ2n) is 5.36. The van der Waals surface area contributed by atoms with E-state index in [1.54, 1.807) is 24.3 Å². The second-order valence-corrected chi connectivity index (χ2v) is 7.30. The van der Waals surface area contributed by atoms with Crippen LogP contribution in [0.1, 0.15) is 32.8 Å². The maximum Gasteiger partial charge on any atom is 0.339 e. The van der Waals surface area contributed by atoms with E-state index in [2.05, 4.69) is 5.32 Å². The van der Waals surface area contributed by atoms with Gasteiger partial charge in [0, 0.05) is 21.0 Å². The Balaban J connectivity index is 1.78. The Labute approximate surface area is 152 Å². The number of carbonyl (C=O) groups is 2. The first-order valence-corrected chi connectivity index (χ1v) is 8.85. The minimum Gasteiger partial charge on any atom is -0.478 e. The van der Waals surface area contributed by atoms with Gasteiger partial charge >= 0.3 is 5.97 Å². The summed E-state index contributed by atoms with van der Waals surface area (Å²) in [7, 11) is 0. The predicted molar refractivity (Wildman–Crippen MR) is 97.4 cm³/mol. The molecular weight excluding hydrogens is 369 g/mol. The average molecular weight is 382 g/mol. The summed E-state index contributed by atoms with van der Waals surface area (Å²) in [6, 6.07) is 4.97. The molecule has 4 nitrogen and oxygen atoms in total. The van der Waals surface area contributed by atoms with E-state index in [9.17, 15) is 14.7 Å². The molecule has 0 atom stereocenters. The highest BCUT2D eigenvalue weighted by Gasteiger charge is 2.26. The molecular formula is C17H13Cl2NO3S. The van der Waals surface area contributed by atoms with Crippen molar-refractivity contribution in [2.45, 2.75) is 19.3 Å². The van der Waals surface area contributed by atoms with Gasteiger partial charge in [0.05, 0.1) is 5.56 Å². The molecule has 1 aliphatic rings. The lowest BCUT2D eigenvalue weighted by molar-refractivity contribution is -0.111. The van der Waals surface area contributed by atoms with E-state index < -0.39 is 11.9 Å². The summed E-state index contributed by atoms with van der Waals surface area (Å²) in [6.45, 7) is 0. The molecule has 1 heterocycles. The Morgan fingerprint density at radius 1 is 1.25 bits per heavy atom. The number of nitrogens with one attached hydrogen (secondary N) is 1. The van der Waals surface area contributed by atoms with Crippen LogP contribution in [0.3, 0.4) is 0 Å². The fraction of sp³-hybridized carbons (Fsp3) is 0.176. The summed E-state index contributed by atoms with van der Waals surface area (Å²) >= 11 is 13.2. The Hall–Kier alpha value is -1.82. The van der Waals surface area contributed by atoms with Gasteiger partial charge in [-0.2, -0.15) is 0 Å². The van der Waals surface area contributed by atoms with Gasteiger partial charge in [-0.1, -0.05) is 29.3 Å². The number of thiophene rings is 1. The molecule has 0 unspecified atom stereocenters. The lowest BCUT2D eigenvalue weighted by Gasteiger charge is -2.03. The summed E-state index contributed by atoms with van der Waals surface area (Å²) in [5, 5.41) is 13.4. The predicted octanol–water partition coefficient (Wildman–Crippen LogP) is 4.89. The van der Waals surface area contributed by atoms with Crippen LogP contribution in [0.5, 0.6) is 0 Å². The lowest BCUT2D eigenvalue weighted by Crippen LogP contribution is -2.10. The van der Waals surface area contributed by atoms with E-state index in [1.165, 1.54) is 17.4 Å². The van der Waals surface area contributed by atoms with Gasteiger partial charge in [-0.25, -0.2) is 4.79 Å². The van der Waals surface area contributed by atoms with Crippen LogP contribution in [0.15, 0.2) is 24.3 Å². The highest BCUT2D eigenvalue weighted by molar-refractivity contribution is 7.17. The molecule has 0 aliphatic heterocycles. The van der Waals surface area contributed by atoms with Crippen LogP contribution >= 0.6 is 34.5 Å². The van der Waals surface area contributed by atoms with Crippen LogP contribution in [0.25, 0.3) is 6.08 Å². The van der Waals surface area contributed by atoms with E-state index in [1.807, 2.05) is 0 Å². The molecule has 24 heavy (non-hydrogen) atoms. The minimum atomic E-state index is -1.01. The first kappa shape index (κ1) is 17.0. The fourth-order valence-corrected chi connectivity index (χ4v) is 4.43. The third-order valence-electron chi connectivity index (χ3n) is 3.75. The van der Waals surface area contributed by atoms with E-state index in [0.29, 0.717) is 20.6 Å². The minimum absolute atomic E-state index is 0.221. The van der Waals surface area contributed by atoms with Gasteiger partial charge in [-0.15, -0.1) is 11.3 Å². The number of carboxylic acids is 1. The first-order valence-electron chi connectivity index (χ1n) is 7.27. The second kappa shape index (κ2) is 6.97. The zero-order valence-corrected chi connectivity index (χ0v) is 14.8. The number of carbonyl (C=O) groups excluding carboxylic acids is 1. The molecule has 0 saturated heterocycles. The van der Waals surface area contributed by atoms with Crippen LogP contribution in [0, 0.1) is 0 Å². The molecule has 0 bridgehead atoms. The monoisotopic (exact) mass is 381 g/mol. The Morgan fingerprint density at radius 2 is 2.04 bits per heavy atom. The molecule has 0 saturated carbocycles. The molecule has 2 N–H and O–H groups in total. The SMILES string of the molecule is O=C(/C=C/c1ccc(Cl)cc1Cl)Nc1sc2c(c1C(=O)O)CCC2. The maximum absolute atomic E-state index is 12.1. The summed E-state index contributed by atoms with van der Waals surface area (Å²) in [6.07, 6.45) is 5.47. The van der Waals surface area contributed by atoms with Crippen molar-refractivity contribution >= 4 is 57.5 Å². The van der Waals surface area contributed by atoms with E-state index in [4.69, 9.17) is 23.2 Å². The molecule has 0 fully saturated rings. The van der Waals surface area contributed by atoms with E-state index >= 15 is 0 Å². The summed E-state index contributed by atoms with van der Waals surface area (Å²) in [4.78, 5) is 24.6. The number of rotatable bonds is 4. The Morgan fingerprint density at radius 3 is 2.75 bits per heavy atom. The van der Waals surface area contributed by atoms with Crippen molar-refractivity contribution in [2.75, 3.05) is 5.32 Å². The summed E-state index contributed by atoms with van der Waals surface area (Å²) < 4.78 is 0. The number of carboxylic acid groups (broad SMARTS) is 1. The number of aromatic carboxylic acids is 1. The molecule has 3 rings (SSSR count). The van der Waals surface area contributed by atoms with Crippen LogP contribution in [0.2, 0.25) is 10.0 Å². The smallest absolute Gasteiger partial charge is 0.339 e. The highest BCUT2D eigenvalue weighted by atomic mass is 35.5. The molecule has 1 aliphatic carbocycles. The number of fused-ring (bicyclic) bond motifs is 1. The molecule has 1 amide bonds. The van der Waals surface area contributed by atoms with Crippen molar-refractivity contribution in [3.63, 3.8) is 0 Å². The maximum atomic E-state index is 12.1. The normalized spacial score (nSPS) is 13.2. The molecule has 2 aromatic rings. The summed E-state index contributed by atoms with van der Waals surface area (Å²) in [5.74, 6) is -1.40. The van der Waals surface area contributed by atoms with Crippen molar-refractivity contribution < 1.29 is 14.7 Å². The number of halogens is 2. The van der Waals surface area contributed by atoms with Gasteiger partial charge in [0.2, 0.25) is 5.91 Å². The van der Waals surface area contributed by atoms with Crippen LogP contribution in [-0.2, 0) is 17.6 Å². The fourth-order valence-electron chi connectivity index (χ4n) is 2.67. The van der Waals surface area contributed by atoms with E-state index in [-0.39, 0.29) is 5.56 Å². The number of hydrogen-bond donors (Lipinski definition) is 2.